The number of rotatable bonds is 9. The van der Waals surface area contributed by atoms with Gasteiger partial charge in [0, 0.05) is 47.4 Å². The van der Waals surface area contributed by atoms with Gasteiger partial charge in [-0.1, -0.05) is 24.0 Å². The molecule has 0 spiro atoms. The Balaban J connectivity index is 1.59. The van der Waals surface area contributed by atoms with Crippen molar-refractivity contribution in [2.24, 2.45) is 0 Å². The van der Waals surface area contributed by atoms with Crippen molar-refractivity contribution in [1.29, 1.82) is 0 Å². The molecule has 2 rings (SSSR count). The Morgan fingerprint density at radius 3 is 1.21 bits per heavy atom. The first-order chi connectivity index (χ1) is 15.6. The number of nitrogens with one attached hydrogen (secondary N) is 4. The number of hydrogen-bond donors (Lipinski definition) is 4. The highest BCUT2D eigenvalue weighted by atomic mass is 16.2. The van der Waals surface area contributed by atoms with E-state index < -0.39 is 0 Å². The van der Waals surface area contributed by atoms with Crippen LogP contribution in [0.1, 0.15) is 107 Å². The Hall–Kier alpha value is -1.66. The first-order valence-electron chi connectivity index (χ1n) is 13.1. The molecule has 0 radical (unpaired) electrons. The number of carbonyl (C=O) groups excluding carboxylic acids is 2. The van der Waals surface area contributed by atoms with E-state index in [0.29, 0.717) is 13.1 Å². The fraction of sp³-hybridized carbons (Fsp3) is 0.786. The molecule has 2 heterocycles. The summed E-state index contributed by atoms with van der Waals surface area (Å²) in [5.74, 6) is 0.0427. The minimum atomic E-state index is 0.0144. The summed E-state index contributed by atoms with van der Waals surface area (Å²) in [5.41, 5.74) is 2.49. The van der Waals surface area contributed by atoms with E-state index in [-0.39, 0.29) is 34.0 Å². The van der Waals surface area contributed by atoms with E-state index in [4.69, 9.17) is 0 Å². The molecule has 0 aliphatic carbocycles. The van der Waals surface area contributed by atoms with Gasteiger partial charge >= 0.3 is 0 Å². The normalized spacial score (nSPS) is 22.6. The van der Waals surface area contributed by atoms with Gasteiger partial charge in [0.2, 0.25) is 11.8 Å². The second-order valence-corrected chi connectivity index (χ2v) is 13.1. The van der Waals surface area contributed by atoms with Gasteiger partial charge in [0.05, 0.1) is 0 Å². The van der Waals surface area contributed by atoms with E-state index >= 15 is 0 Å². The molecule has 2 aliphatic rings. The third-order valence-corrected chi connectivity index (χ3v) is 6.40. The second-order valence-electron chi connectivity index (χ2n) is 13.1. The van der Waals surface area contributed by atoms with E-state index in [1.807, 2.05) is 0 Å². The summed E-state index contributed by atoms with van der Waals surface area (Å²) < 4.78 is 0. The minimum absolute atomic E-state index is 0.0144. The molecule has 34 heavy (non-hydrogen) atoms. The monoisotopic (exact) mass is 474 g/mol. The van der Waals surface area contributed by atoms with Gasteiger partial charge in [0.15, 0.2) is 0 Å². The molecule has 0 aromatic rings. The van der Waals surface area contributed by atoms with Gasteiger partial charge in [-0.25, -0.2) is 0 Å². The molecule has 0 saturated carbocycles. The van der Waals surface area contributed by atoms with E-state index in [1.165, 1.54) is 11.1 Å². The van der Waals surface area contributed by atoms with Gasteiger partial charge < -0.3 is 21.3 Å². The molecular formula is C28H50N4O2. The van der Waals surface area contributed by atoms with Crippen LogP contribution < -0.4 is 21.3 Å². The van der Waals surface area contributed by atoms with Crippen molar-refractivity contribution in [1.82, 2.24) is 21.3 Å². The summed E-state index contributed by atoms with van der Waals surface area (Å²) in [7, 11) is 0. The number of unbranched alkanes of at least 4 members (excludes halogenated alkanes) is 3. The van der Waals surface area contributed by atoms with Gasteiger partial charge in [-0.15, -0.1) is 0 Å². The van der Waals surface area contributed by atoms with Crippen LogP contribution in [0.2, 0.25) is 0 Å². The zero-order valence-electron chi connectivity index (χ0n) is 23.0. The van der Waals surface area contributed by atoms with Crippen LogP contribution in [0.4, 0.5) is 0 Å². The van der Waals surface area contributed by atoms with Gasteiger partial charge in [-0.05, 0) is 93.9 Å². The molecule has 194 valence electrons. The molecule has 6 heteroatoms. The Morgan fingerprint density at radius 1 is 0.618 bits per heavy atom. The van der Waals surface area contributed by atoms with Crippen molar-refractivity contribution in [2.75, 3.05) is 13.1 Å². The molecule has 0 bridgehead atoms. The average Bonchev–Trinajstić information content (AvgIpc) is 2.58. The quantitative estimate of drug-likeness (QED) is 0.293. The van der Waals surface area contributed by atoms with Crippen LogP contribution in [0.15, 0.2) is 23.3 Å². The highest BCUT2D eigenvalue weighted by molar-refractivity contribution is 5.88. The highest BCUT2D eigenvalue weighted by Gasteiger charge is 2.35. The van der Waals surface area contributed by atoms with E-state index in [0.717, 1.165) is 51.4 Å². The van der Waals surface area contributed by atoms with Gasteiger partial charge in [0.25, 0.3) is 0 Å². The van der Waals surface area contributed by atoms with E-state index in [2.05, 4.69) is 76.7 Å². The smallest absolute Gasteiger partial charge is 0.243 e. The molecule has 6 nitrogen and oxygen atoms in total. The van der Waals surface area contributed by atoms with Crippen LogP contribution in [-0.4, -0.2) is 47.1 Å². The number of hydrogen-bond acceptors (Lipinski definition) is 4. The fourth-order valence-electron chi connectivity index (χ4n) is 6.11. The Labute approximate surface area is 208 Å². The number of piperidine rings is 2. The van der Waals surface area contributed by atoms with Gasteiger partial charge in [-0.2, -0.15) is 0 Å². The van der Waals surface area contributed by atoms with Crippen molar-refractivity contribution < 1.29 is 9.59 Å². The van der Waals surface area contributed by atoms with Crippen molar-refractivity contribution in [3.63, 3.8) is 0 Å². The Kier molecular flexibility index (Phi) is 9.57. The Morgan fingerprint density at radius 2 is 0.912 bits per heavy atom. The summed E-state index contributed by atoms with van der Waals surface area (Å²) in [4.78, 5) is 24.6. The van der Waals surface area contributed by atoms with Crippen molar-refractivity contribution in [3.05, 3.63) is 23.3 Å². The number of carbonyl (C=O) groups is 2. The topological polar surface area (TPSA) is 82.3 Å². The lowest BCUT2D eigenvalue weighted by atomic mass is 9.79. The molecule has 2 saturated heterocycles. The molecule has 0 unspecified atom stereocenters. The summed E-state index contributed by atoms with van der Waals surface area (Å²) in [5, 5.41) is 13.4. The molecule has 0 aromatic carbocycles. The zero-order chi connectivity index (χ0) is 25.6. The highest BCUT2D eigenvalue weighted by Crippen LogP contribution is 2.33. The standard InChI is InChI=1S/C28H50N4O2/c1-25(2)17-21(18-26(3,4)31-25)15-23(33)29-13-11-9-10-12-14-30-24(34)16-22-19-27(5,6)32-28(7,8)20-22/h15-16,31-32H,9-14,17-20H2,1-8H3,(H,29,33)(H,30,34). The van der Waals surface area contributed by atoms with Crippen LogP contribution in [0.25, 0.3) is 0 Å². The number of amides is 2. The predicted octanol–water partition coefficient (Wildman–Crippen LogP) is 4.51. The molecular weight excluding hydrogens is 424 g/mol. The van der Waals surface area contributed by atoms with E-state index in [1.54, 1.807) is 12.2 Å². The van der Waals surface area contributed by atoms with E-state index in [9.17, 15) is 9.59 Å². The van der Waals surface area contributed by atoms with Crippen LogP contribution in [0.5, 0.6) is 0 Å². The molecule has 4 N–H and O–H groups in total. The third-order valence-electron chi connectivity index (χ3n) is 6.40. The maximum atomic E-state index is 12.3. The SMILES string of the molecule is CC1(C)CC(=CC(=O)NCCCCCCNC(=O)C=C2CC(C)(C)NC(C)(C)C2)CC(C)(C)N1. The zero-order valence-corrected chi connectivity index (χ0v) is 23.0. The third kappa shape index (κ3) is 10.7. The molecule has 0 aromatic heterocycles. The second kappa shape index (κ2) is 11.4. The first-order valence-corrected chi connectivity index (χ1v) is 13.1. The van der Waals surface area contributed by atoms with Gasteiger partial charge in [0.1, 0.15) is 0 Å². The molecule has 0 atom stereocenters. The fourth-order valence-corrected chi connectivity index (χ4v) is 6.11. The maximum Gasteiger partial charge on any atom is 0.243 e. The van der Waals surface area contributed by atoms with Crippen molar-refractivity contribution >= 4 is 11.8 Å². The summed E-state index contributed by atoms with van der Waals surface area (Å²) in [6.07, 6.45) is 11.2. The molecule has 2 amide bonds. The summed E-state index contributed by atoms with van der Waals surface area (Å²) in [6.45, 7) is 18.9. The van der Waals surface area contributed by atoms with Crippen molar-refractivity contribution in [2.45, 2.75) is 129 Å². The van der Waals surface area contributed by atoms with Crippen LogP contribution in [0.3, 0.4) is 0 Å². The lowest BCUT2D eigenvalue weighted by molar-refractivity contribution is -0.117. The maximum absolute atomic E-state index is 12.3. The largest absolute Gasteiger partial charge is 0.353 e. The predicted molar refractivity (Wildman–Crippen MR) is 142 cm³/mol. The van der Waals surface area contributed by atoms with Crippen LogP contribution >= 0.6 is 0 Å². The average molecular weight is 475 g/mol. The summed E-state index contributed by atoms with van der Waals surface area (Å²) in [6, 6.07) is 0. The lowest BCUT2D eigenvalue weighted by Gasteiger charge is -2.44. The summed E-state index contributed by atoms with van der Waals surface area (Å²) >= 11 is 0. The van der Waals surface area contributed by atoms with Crippen LogP contribution in [0, 0.1) is 0 Å². The lowest BCUT2D eigenvalue weighted by Crippen LogP contribution is -2.56. The Bertz CT molecular complexity index is 688. The van der Waals surface area contributed by atoms with Crippen molar-refractivity contribution in [3.8, 4) is 0 Å². The van der Waals surface area contributed by atoms with Crippen LogP contribution in [-0.2, 0) is 9.59 Å². The molecule has 2 aliphatic heterocycles. The van der Waals surface area contributed by atoms with Gasteiger partial charge in [-0.3, -0.25) is 9.59 Å². The molecule has 2 fully saturated rings. The minimum Gasteiger partial charge on any atom is -0.353 e. The first kappa shape index (κ1) is 28.6.